The molecule has 1 unspecified atom stereocenters. The van der Waals surface area contributed by atoms with Crippen molar-refractivity contribution in [3.63, 3.8) is 0 Å². The SMILES string of the molecule is CCCCCCCN1C(=O)CC(C(=O)Nc2cccc(Cl)c2)SC1=Nc1ccc(C(=O)OCC)cc1. The van der Waals surface area contributed by atoms with E-state index in [2.05, 4.69) is 12.2 Å². The van der Waals surface area contributed by atoms with Crippen LogP contribution < -0.4 is 5.32 Å². The first kappa shape index (κ1) is 27.7. The van der Waals surface area contributed by atoms with Gasteiger partial charge in [-0.3, -0.25) is 14.5 Å². The number of benzene rings is 2. The van der Waals surface area contributed by atoms with E-state index in [1.165, 1.54) is 18.2 Å². The third-order valence-electron chi connectivity index (χ3n) is 5.61. The monoisotopic (exact) mass is 529 g/mol. The molecule has 192 valence electrons. The standard InChI is InChI=1S/C27H32ClN3O4S/c1-3-5-6-7-8-16-31-24(32)18-23(25(33)29-22-11-9-10-20(28)17-22)36-27(31)30-21-14-12-19(13-15-21)26(34)35-4-2/h9-15,17,23H,3-8,16,18H2,1-2H3,(H,29,33). The number of ether oxygens (including phenoxy) is 1. The highest BCUT2D eigenvalue weighted by Crippen LogP contribution is 2.30. The number of thioether (sulfide) groups is 1. The molecule has 0 bridgehead atoms. The molecule has 1 aliphatic rings. The maximum absolute atomic E-state index is 13.1. The van der Waals surface area contributed by atoms with Crippen molar-refractivity contribution >= 4 is 57.7 Å². The van der Waals surface area contributed by atoms with Crippen LogP contribution in [0.2, 0.25) is 5.02 Å². The Morgan fingerprint density at radius 3 is 2.56 bits per heavy atom. The fraction of sp³-hybridized carbons (Fsp3) is 0.407. The van der Waals surface area contributed by atoms with E-state index < -0.39 is 11.2 Å². The smallest absolute Gasteiger partial charge is 0.338 e. The lowest BCUT2D eigenvalue weighted by Gasteiger charge is -2.32. The average molecular weight is 530 g/mol. The molecule has 0 spiro atoms. The van der Waals surface area contributed by atoms with Gasteiger partial charge in [-0.1, -0.05) is 62.0 Å². The number of aliphatic imine (C=N–C) groups is 1. The highest BCUT2D eigenvalue weighted by atomic mass is 35.5. The summed E-state index contributed by atoms with van der Waals surface area (Å²) in [7, 11) is 0. The molecular weight excluding hydrogens is 498 g/mol. The van der Waals surface area contributed by atoms with Crippen LogP contribution in [-0.2, 0) is 14.3 Å². The minimum Gasteiger partial charge on any atom is -0.462 e. The summed E-state index contributed by atoms with van der Waals surface area (Å²) in [5.41, 5.74) is 1.59. The number of amidine groups is 1. The lowest BCUT2D eigenvalue weighted by atomic mass is 10.1. The van der Waals surface area contributed by atoms with E-state index in [0.29, 0.717) is 40.3 Å². The number of carbonyl (C=O) groups excluding carboxylic acids is 3. The average Bonchev–Trinajstić information content (AvgIpc) is 2.85. The van der Waals surface area contributed by atoms with Crippen molar-refractivity contribution in [3.8, 4) is 0 Å². The third kappa shape index (κ3) is 8.10. The normalized spacial score (nSPS) is 16.8. The van der Waals surface area contributed by atoms with Gasteiger partial charge in [-0.2, -0.15) is 0 Å². The fourth-order valence-electron chi connectivity index (χ4n) is 3.72. The number of halogens is 1. The quantitative estimate of drug-likeness (QED) is 0.267. The van der Waals surface area contributed by atoms with Gasteiger partial charge < -0.3 is 10.1 Å². The predicted molar refractivity (Wildman–Crippen MR) is 146 cm³/mol. The topological polar surface area (TPSA) is 88.1 Å². The number of carbonyl (C=O) groups is 3. The minimum atomic E-state index is -0.620. The van der Waals surface area contributed by atoms with Gasteiger partial charge in [0.05, 0.1) is 17.9 Å². The zero-order valence-corrected chi connectivity index (χ0v) is 22.2. The van der Waals surface area contributed by atoms with Crippen molar-refractivity contribution in [3.05, 3.63) is 59.1 Å². The van der Waals surface area contributed by atoms with Crippen molar-refractivity contribution in [2.24, 2.45) is 4.99 Å². The molecule has 0 aromatic heterocycles. The van der Waals surface area contributed by atoms with Gasteiger partial charge in [-0.05, 0) is 55.8 Å². The molecule has 1 N–H and O–H groups in total. The Hall–Kier alpha value is -2.84. The number of anilines is 1. The van der Waals surface area contributed by atoms with E-state index >= 15 is 0 Å². The molecule has 0 saturated carbocycles. The molecule has 1 saturated heterocycles. The van der Waals surface area contributed by atoms with Gasteiger partial charge in [0.15, 0.2) is 5.17 Å². The highest BCUT2D eigenvalue weighted by molar-refractivity contribution is 8.15. The lowest BCUT2D eigenvalue weighted by Crippen LogP contribution is -2.45. The van der Waals surface area contributed by atoms with Gasteiger partial charge >= 0.3 is 5.97 Å². The van der Waals surface area contributed by atoms with E-state index in [1.807, 2.05) is 0 Å². The van der Waals surface area contributed by atoms with Gasteiger partial charge in [-0.15, -0.1) is 0 Å². The second-order valence-corrected chi connectivity index (χ2v) is 10.0. The number of amides is 2. The molecule has 36 heavy (non-hydrogen) atoms. The van der Waals surface area contributed by atoms with Gasteiger partial charge in [0, 0.05) is 23.7 Å². The summed E-state index contributed by atoms with van der Waals surface area (Å²) in [6.07, 6.45) is 5.43. The van der Waals surface area contributed by atoms with E-state index in [9.17, 15) is 14.4 Å². The van der Waals surface area contributed by atoms with Crippen molar-refractivity contribution in [1.82, 2.24) is 4.90 Å². The Bertz CT molecular complexity index is 1090. The molecule has 1 heterocycles. The number of nitrogens with one attached hydrogen (secondary N) is 1. The van der Waals surface area contributed by atoms with Crippen molar-refractivity contribution in [2.75, 3.05) is 18.5 Å². The number of esters is 1. The van der Waals surface area contributed by atoms with E-state index in [1.54, 1.807) is 60.4 Å². The molecule has 0 radical (unpaired) electrons. The second-order valence-electron chi connectivity index (χ2n) is 8.43. The molecule has 3 rings (SSSR count). The lowest BCUT2D eigenvalue weighted by molar-refractivity contribution is -0.129. The van der Waals surface area contributed by atoms with Crippen LogP contribution in [0.4, 0.5) is 11.4 Å². The van der Waals surface area contributed by atoms with Crippen LogP contribution in [0, 0.1) is 0 Å². The van der Waals surface area contributed by atoms with Gasteiger partial charge in [0.2, 0.25) is 11.8 Å². The first-order valence-corrected chi connectivity index (χ1v) is 13.6. The molecule has 9 heteroatoms. The predicted octanol–water partition coefficient (Wildman–Crippen LogP) is 6.45. The first-order chi connectivity index (χ1) is 17.4. The summed E-state index contributed by atoms with van der Waals surface area (Å²) in [4.78, 5) is 44.4. The highest BCUT2D eigenvalue weighted by Gasteiger charge is 2.35. The summed E-state index contributed by atoms with van der Waals surface area (Å²) in [5.74, 6) is -0.800. The Balaban J connectivity index is 1.78. The maximum atomic E-state index is 13.1. The Kier molecular flexibility index (Phi) is 10.8. The van der Waals surface area contributed by atoms with Crippen LogP contribution >= 0.6 is 23.4 Å². The van der Waals surface area contributed by atoms with E-state index in [4.69, 9.17) is 21.3 Å². The number of hydrogen-bond acceptors (Lipinski definition) is 6. The molecular formula is C27H32ClN3O4S. The zero-order chi connectivity index (χ0) is 25.9. The van der Waals surface area contributed by atoms with Crippen LogP contribution in [0.3, 0.4) is 0 Å². The minimum absolute atomic E-state index is 0.0901. The van der Waals surface area contributed by atoms with E-state index in [0.717, 1.165) is 25.7 Å². The van der Waals surface area contributed by atoms with Crippen LogP contribution in [0.5, 0.6) is 0 Å². The van der Waals surface area contributed by atoms with Crippen molar-refractivity contribution in [1.29, 1.82) is 0 Å². The molecule has 1 atom stereocenters. The van der Waals surface area contributed by atoms with Gasteiger partial charge in [0.25, 0.3) is 0 Å². The summed E-state index contributed by atoms with van der Waals surface area (Å²) in [6, 6.07) is 13.6. The van der Waals surface area contributed by atoms with Crippen molar-refractivity contribution < 1.29 is 19.1 Å². The molecule has 0 aliphatic carbocycles. The molecule has 2 amide bonds. The molecule has 2 aromatic carbocycles. The Labute approximate surface area is 221 Å². The molecule has 2 aromatic rings. The number of unbranched alkanes of at least 4 members (excludes halogenated alkanes) is 4. The molecule has 1 fully saturated rings. The summed E-state index contributed by atoms with van der Waals surface area (Å²) < 4.78 is 5.03. The first-order valence-electron chi connectivity index (χ1n) is 12.3. The third-order valence-corrected chi connectivity index (χ3v) is 7.04. The summed E-state index contributed by atoms with van der Waals surface area (Å²) >= 11 is 7.31. The van der Waals surface area contributed by atoms with E-state index in [-0.39, 0.29) is 18.2 Å². The number of hydrogen-bond donors (Lipinski definition) is 1. The van der Waals surface area contributed by atoms with Crippen LogP contribution in [0.1, 0.15) is 62.7 Å². The summed E-state index contributed by atoms with van der Waals surface area (Å²) in [5, 5.41) is 3.23. The second kappa shape index (κ2) is 14.0. The Morgan fingerprint density at radius 1 is 1.11 bits per heavy atom. The molecule has 7 nitrogen and oxygen atoms in total. The van der Waals surface area contributed by atoms with Crippen molar-refractivity contribution in [2.45, 2.75) is 57.6 Å². The largest absolute Gasteiger partial charge is 0.462 e. The van der Waals surface area contributed by atoms with Crippen LogP contribution in [0.25, 0.3) is 0 Å². The number of nitrogens with zero attached hydrogens (tertiary/aromatic N) is 2. The maximum Gasteiger partial charge on any atom is 0.338 e. The fourth-order valence-corrected chi connectivity index (χ4v) is 5.04. The van der Waals surface area contributed by atoms with Gasteiger partial charge in [0.1, 0.15) is 5.25 Å². The number of rotatable bonds is 11. The van der Waals surface area contributed by atoms with Crippen LogP contribution in [-0.4, -0.2) is 46.3 Å². The zero-order valence-electron chi connectivity index (χ0n) is 20.7. The summed E-state index contributed by atoms with van der Waals surface area (Å²) in [6.45, 7) is 4.77. The molecule has 1 aliphatic heterocycles. The van der Waals surface area contributed by atoms with Gasteiger partial charge in [-0.25, -0.2) is 9.79 Å². The van der Waals surface area contributed by atoms with Crippen LogP contribution in [0.15, 0.2) is 53.5 Å². The Morgan fingerprint density at radius 2 is 1.86 bits per heavy atom.